The normalized spacial score (nSPS) is 18.1. The van der Waals surface area contributed by atoms with Crippen molar-refractivity contribution in [1.82, 2.24) is 5.32 Å². The van der Waals surface area contributed by atoms with Gasteiger partial charge in [-0.25, -0.2) is 0 Å². The second-order valence-corrected chi connectivity index (χ2v) is 9.14. The van der Waals surface area contributed by atoms with Gasteiger partial charge in [-0.3, -0.25) is 29.8 Å². The molecule has 2 aliphatic rings. The third kappa shape index (κ3) is 4.51. The zero-order valence-corrected chi connectivity index (χ0v) is 18.9. The van der Waals surface area contributed by atoms with Crippen LogP contribution in [0.3, 0.4) is 0 Å². The van der Waals surface area contributed by atoms with Crippen LogP contribution in [0.4, 0.5) is 21.9 Å². The lowest BCUT2D eigenvalue weighted by Crippen LogP contribution is -2.25. The first kappa shape index (κ1) is 22.4. The standard InChI is InChI=1S/C25H18N4O5S/c30-23-20(35-25(32)28-23)12-14-6-8-16(9-7-14)26-22(15-4-2-1-3-5-15)21-18-13-17(29(33)34)10-11-19(18)27-24(21)31/h1-11,13,20,26H,12H2,(H,27,31)(H,28,30,32)/b22-21-. The lowest BCUT2D eigenvalue weighted by Gasteiger charge is -2.15. The maximum Gasteiger partial charge on any atom is 0.286 e. The van der Waals surface area contributed by atoms with Crippen LogP contribution < -0.4 is 16.0 Å². The average molecular weight is 487 g/mol. The highest BCUT2D eigenvalue weighted by Gasteiger charge is 2.32. The number of carbonyl (C=O) groups excluding carboxylic acids is 3. The number of rotatable bonds is 6. The molecule has 3 amide bonds. The van der Waals surface area contributed by atoms with Gasteiger partial charge in [-0.15, -0.1) is 0 Å². The molecule has 2 aliphatic heterocycles. The number of carbonyl (C=O) groups is 3. The minimum absolute atomic E-state index is 0.109. The van der Waals surface area contributed by atoms with Gasteiger partial charge in [-0.1, -0.05) is 54.2 Å². The SMILES string of the molecule is O=C1NC(=O)C(Cc2ccc(N/C(=C3\C(=O)Nc4ccc([N+](=O)[O-])cc43)c3ccccc3)cc2)S1. The van der Waals surface area contributed by atoms with Gasteiger partial charge in [0.25, 0.3) is 16.8 Å². The molecule has 2 heterocycles. The highest BCUT2D eigenvalue weighted by Crippen LogP contribution is 2.39. The topological polar surface area (TPSA) is 130 Å². The van der Waals surface area contributed by atoms with E-state index >= 15 is 0 Å². The number of thioether (sulfide) groups is 1. The maximum atomic E-state index is 13.0. The number of non-ortho nitro benzene ring substituents is 1. The summed E-state index contributed by atoms with van der Waals surface area (Å²) in [6.07, 6.45) is 0.411. The van der Waals surface area contributed by atoms with Crippen molar-refractivity contribution < 1.29 is 19.3 Å². The van der Waals surface area contributed by atoms with Crippen LogP contribution in [0, 0.1) is 10.1 Å². The van der Waals surface area contributed by atoms with Gasteiger partial charge in [0.2, 0.25) is 5.91 Å². The van der Waals surface area contributed by atoms with Crippen LogP contribution in [0.5, 0.6) is 0 Å². The summed E-state index contributed by atoms with van der Waals surface area (Å²) in [5.41, 5.74) is 3.95. The van der Waals surface area contributed by atoms with Gasteiger partial charge in [0, 0.05) is 29.1 Å². The quantitative estimate of drug-likeness (QED) is 0.267. The minimum Gasteiger partial charge on any atom is -0.354 e. The molecule has 0 saturated carbocycles. The van der Waals surface area contributed by atoms with E-state index in [4.69, 9.17) is 0 Å². The van der Waals surface area contributed by atoms with Gasteiger partial charge in [-0.05, 0) is 35.7 Å². The number of nitrogens with zero attached hydrogens (tertiary/aromatic N) is 1. The van der Waals surface area contributed by atoms with Crippen molar-refractivity contribution in [3.8, 4) is 0 Å². The highest BCUT2D eigenvalue weighted by atomic mass is 32.2. The van der Waals surface area contributed by atoms with Crippen LogP contribution in [0.1, 0.15) is 16.7 Å². The minimum atomic E-state index is -0.495. The number of nitro groups is 1. The largest absolute Gasteiger partial charge is 0.354 e. The Morgan fingerprint density at radius 3 is 2.37 bits per heavy atom. The molecule has 5 rings (SSSR count). The second-order valence-electron chi connectivity index (χ2n) is 7.97. The van der Waals surface area contributed by atoms with Gasteiger partial charge in [0.05, 0.1) is 21.4 Å². The summed E-state index contributed by atoms with van der Waals surface area (Å²) < 4.78 is 0. The Balaban J connectivity index is 1.50. The van der Waals surface area contributed by atoms with Gasteiger partial charge >= 0.3 is 0 Å². The molecule has 10 heteroatoms. The first-order valence-corrected chi connectivity index (χ1v) is 11.5. The zero-order chi connectivity index (χ0) is 24.5. The van der Waals surface area contributed by atoms with Crippen LogP contribution in [-0.2, 0) is 16.0 Å². The van der Waals surface area contributed by atoms with E-state index in [1.165, 1.54) is 18.2 Å². The Labute approximate surface area is 203 Å². The van der Waals surface area contributed by atoms with Crippen LogP contribution in [0.25, 0.3) is 11.3 Å². The summed E-state index contributed by atoms with van der Waals surface area (Å²) in [5, 5.41) is 18.9. The van der Waals surface area contributed by atoms with Crippen molar-refractivity contribution in [2.24, 2.45) is 0 Å². The summed E-state index contributed by atoms with van der Waals surface area (Å²) in [7, 11) is 0. The van der Waals surface area contributed by atoms with Crippen LogP contribution in [0.15, 0.2) is 72.8 Å². The van der Waals surface area contributed by atoms with E-state index in [1.807, 2.05) is 54.6 Å². The number of amides is 3. The summed E-state index contributed by atoms with van der Waals surface area (Å²) >= 11 is 0.979. The lowest BCUT2D eigenvalue weighted by molar-refractivity contribution is -0.384. The third-order valence-corrected chi connectivity index (χ3v) is 6.66. The molecule has 0 spiro atoms. The fraction of sp³-hybridized carbons (Fsp3) is 0.0800. The van der Waals surface area contributed by atoms with Gasteiger partial charge in [-0.2, -0.15) is 0 Å². The van der Waals surface area contributed by atoms with E-state index < -0.39 is 10.2 Å². The molecule has 0 aromatic heterocycles. The monoisotopic (exact) mass is 486 g/mol. The van der Waals surface area contributed by atoms with E-state index in [0.29, 0.717) is 34.6 Å². The number of fused-ring (bicyclic) bond motifs is 1. The fourth-order valence-electron chi connectivity index (χ4n) is 4.01. The van der Waals surface area contributed by atoms with Gasteiger partial charge in [0.15, 0.2) is 0 Å². The number of anilines is 2. The lowest BCUT2D eigenvalue weighted by atomic mass is 9.99. The van der Waals surface area contributed by atoms with Gasteiger partial charge < -0.3 is 10.6 Å². The first-order chi connectivity index (χ1) is 16.9. The third-order valence-electron chi connectivity index (χ3n) is 5.68. The number of nitrogens with one attached hydrogen (secondary N) is 3. The Morgan fingerprint density at radius 1 is 0.971 bits per heavy atom. The predicted molar refractivity (Wildman–Crippen MR) is 134 cm³/mol. The van der Waals surface area contributed by atoms with E-state index in [9.17, 15) is 24.5 Å². The molecule has 3 aromatic rings. The molecule has 35 heavy (non-hydrogen) atoms. The van der Waals surface area contributed by atoms with Crippen molar-refractivity contribution in [3.63, 3.8) is 0 Å². The number of hydrogen-bond donors (Lipinski definition) is 3. The van der Waals surface area contributed by atoms with E-state index in [2.05, 4.69) is 16.0 Å². The molecular formula is C25H18N4O5S. The van der Waals surface area contributed by atoms with E-state index in [1.54, 1.807) is 0 Å². The first-order valence-electron chi connectivity index (χ1n) is 10.7. The summed E-state index contributed by atoms with van der Waals surface area (Å²) in [5.74, 6) is -0.657. The molecule has 0 aliphatic carbocycles. The molecule has 3 aromatic carbocycles. The molecule has 174 valence electrons. The number of hydrogen-bond acceptors (Lipinski definition) is 7. The maximum absolute atomic E-state index is 13.0. The van der Waals surface area contributed by atoms with Crippen molar-refractivity contribution in [3.05, 3.63) is 99.6 Å². The Bertz CT molecular complexity index is 1400. The highest BCUT2D eigenvalue weighted by molar-refractivity contribution is 8.15. The fourth-order valence-corrected chi connectivity index (χ4v) is 4.87. The molecule has 1 unspecified atom stereocenters. The molecule has 0 bridgehead atoms. The molecule has 0 radical (unpaired) electrons. The van der Waals surface area contributed by atoms with Crippen LogP contribution in [-0.4, -0.2) is 27.2 Å². The van der Waals surface area contributed by atoms with E-state index in [0.717, 1.165) is 22.9 Å². The Morgan fingerprint density at radius 2 is 1.71 bits per heavy atom. The van der Waals surface area contributed by atoms with Crippen molar-refractivity contribution in [2.75, 3.05) is 10.6 Å². The Hall–Kier alpha value is -4.44. The van der Waals surface area contributed by atoms with Crippen molar-refractivity contribution >= 4 is 57.1 Å². The molecule has 1 saturated heterocycles. The molecular weight excluding hydrogens is 468 g/mol. The van der Waals surface area contributed by atoms with Crippen LogP contribution in [0.2, 0.25) is 0 Å². The molecule has 9 nitrogen and oxygen atoms in total. The summed E-state index contributed by atoms with van der Waals surface area (Å²) in [4.78, 5) is 47.1. The van der Waals surface area contributed by atoms with Crippen molar-refractivity contribution in [1.29, 1.82) is 0 Å². The molecule has 1 fully saturated rings. The Kier molecular flexibility index (Phi) is 5.79. The number of benzene rings is 3. The number of imide groups is 1. The average Bonchev–Trinajstić information content (AvgIpc) is 3.35. The molecule has 1 atom stereocenters. The second kappa shape index (κ2) is 9.07. The van der Waals surface area contributed by atoms with Crippen LogP contribution >= 0.6 is 11.8 Å². The van der Waals surface area contributed by atoms with Gasteiger partial charge in [0.1, 0.15) is 0 Å². The van der Waals surface area contributed by atoms with E-state index in [-0.39, 0.29) is 22.7 Å². The molecule has 3 N–H and O–H groups in total. The smallest absolute Gasteiger partial charge is 0.286 e. The summed E-state index contributed by atoms with van der Waals surface area (Å²) in [6, 6.07) is 20.8. The zero-order valence-electron chi connectivity index (χ0n) is 18.1. The summed E-state index contributed by atoms with van der Waals surface area (Å²) in [6.45, 7) is 0. The number of nitro benzene ring substituents is 1. The van der Waals surface area contributed by atoms with Crippen molar-refractivity contribution in [2.45, 2.75) is 11.7 Å². The predicted octanol–water partition coefficient (Wildman–Crippen LogP) is 4.42.